The smallest absolute Gasteiger partial charge is 0.222 e. The number of hydrogen-bond donors (Lipinski definition) is 1. The van der Waals surface area contributed by atoms with E-state index in [0.29, 0.717) is 19.0 Å². The van der Waals surface area contributed by atoms with Crippen LogP contribution < -0.4 is 0 Å². The van der Waals surface area contributed by atoms with Gasteiger partial charge in [-0.3, -0.25) is 4.79 Å². The highest BCUT2D eigenvalue weighted by molar-refractivity contribution is 5.77. The topological polar surface area (TPSA) is 40.5 Å². The second-order valence-electron chi connectivity index (χ2n) is 3.66. The zero-order valence-corrected chi connectivity index (χ0v) is 6.71. The molecule has 1 saturated carbocycles. The van der Waals surface area contributed by atoms with Gasteiger partial charge in [-0.15, -0.1) is 0 Å². The van der Waals surface area contributed by atoms with Crippen molar-refractivity contribution in [3.63, 3.8) is 0 Å². The van der Waals surface area contributed by atoms with Gasteiger partial charge in [-0.1, -0.05) is 6.92 Å². The van der Waals surface area contributed by atoms with Crippen LogP contribution in [0, 0.1) is 0 Å². The average Bonchev–Trinajstić information content (AvgIpc) is 2.39. The monoisotopic (exact) mass is 155 g/mol. The van der Waals surface area contributed by atoms with Crippen LogP contribution in [0.15, 0.2) is 0 Å². The quantitative estimate of drug-likeness (QED) is 0.584. The van der Waals surface area contributed by atoms with Crippen LogP contribution in [0.4, 0.5) is 0 Å². The first-order valence-electron chi connectivity index (χ1n) is 4.16. The Labute approximate surface area is 66.0 Å². The molecule has 0 spiro atoms. The van der Waals surface area contributed by atoms with Gasteiger partial charge < -0.3 is 10.0 Å². The van der Waals surface area contributed by atoms with E-state index in [1.807, 2.05) is 11.8 Å². The lowest BCUT2D eigenvalue weighted by Gasteiger charge is -2.31. The van der Waals surface area contributed by atoms with Crippen LogP contribution in [0.5, 0.6) is 0 Å². The van der Waals surface area contributed by atoms with Gasteiger partial charge in [0.15, 0.2) is 0 Å². The van der Waals surface area contributed by atoms with Gasteiger partial charge >= 0.3 is 0 Å². The number of amides is 1. The van der Waals surface area contributed by atoms with Crippen molar-refractivity contribution >= 4 is 5.91 Å². The van der Waals surface area contributed by atoms with Crippen molar-refractivity contribution in [1.82, 2.24) is 4.90 Å². The second kappa shape index (κ2) is 1.97. The van der Waals surface area contributed by atoms with E-state index in [-0.39, 0.29) is 5.91 Å². The molecule has 0 unspecified atom stereocenters. The Morgan fingerprint density at radius 3 is 2.73 bits per heavy atom. The van der Waals surface area contributed by atoms with E-state index >= 15 is 0 Å². The number of rotatable bonds is 1. The molecule has 3 aliphatic rings. The minimum Gasteiger partial charge on any atom is -0.388 e. The Kier molecular flexibility index (Phi) is 1.27. The zero-order chi connectivity index (χ0) is 8.06. The maximum absolute atomic E-state index is 11.2. The van der Waals surface area contributed by atoms with E-state index in [1.54, 1.807) is 0 Å². The first-order chi connectivity index (χ1) is 5.14. The van der Waals surface area contributed by atoms with Crippen LogP contribution in [-0.2, 0) is 4.79 Å². The van der Waals surface area contributed by atoms with Crippen molar-refractivity contribution in [3.8, 4) is 0 Å². The summed E-state index contributed by atoms with van der Waals surface area (Å²) in [5, 5.41) is 9.58. The van der Waals surface area contributed by atoms with Crippen molar-refractivity contribution in [2.24, 2.45) is 0 Å². The summed E-state index contributed by atoms with van der Waals surface area (Å²) >= 11 is 0. The molecule has 2 aliphatic heterocycles. The molecule has 3 nitrogen and oxygen atoms in total. The number of carbonyl (C=O) groups excluding carboxylic acids is 1. The summed E-state index contributed by atoms with van der Waals surface area (Å²) in [4.78, 5) is 13.0. The van der Waals surface area contributed by atoms with Crippen molar-refractivity contribution in [1.29, 1.82) is 0 Å². The summed E-state index contributed by atoms with van der Waals surface area (Å²) in [6.07, 6.45) is 2.17. The summed E-state index contributed by atoms with van der Waals surface area (Å²) in [5.74, 6) is 0.184. The fourth-order valence-corrected chi connectivity index (χ4v) is 2.11. The normalized spacial score (nSPS) is 40.5. The average molecular weight is 155 g/mol. The molecule has 3 fully saturated rings. The third-order valence-electron chi connectivity index (χ3n) is 2.76. The van der Waals surface area contributed by atoms with Crippen LogP contribution in [0.2, 0.25) is 0 Å². The van der Waals surface area contributed by atoms with Gasteiger partial charge in [-0.25, -0.2) is 0 Å². The lowest BCUT2D eigenvalue weighted by atomic mass is 9.81. The molecule has 3 rings (SSSR count). The van der Waals surface area contributed by atoms with Gasteiger partial charge in [-0.2, -0.15) is 0 Å². The molecule has 0 aromatic rings. The summed E-state index contributed by atoms with van der Waals surface area (Å²) in [6, 6.07) is 0.354. The van der Waals surface area contributed by atoms with Gasteiger partial charge in [0.2, 0.25) is 5.91 Å². The van der Waals surface area contributed by atoms with E-state index in [2.05, 4.69) is 0 Å². The van der Waals surface area contributed by atoms with Crippen LogP contribution >= 0.6 is 0 Å². The van der Waals surface area contributed by atoms with E-state index in [4.69, 9.17) is 0 Å². The van der Waals surface area contributed by atoms with Gasteiger partial charge in [0.1, 0.15) is 0 Å². The molecule has 0 radical (unpaired) electrons. The highest BCUT2D eigenvalue weighted by atomic mass is 16.3. The summed E-state index contributed by atoms with van der Waals surface area (Å²) in [7, 11) is 0. The Hall–Kier alpha value is -0.570. The number of nitrogens with zero attached hydrogens (tertiary/aromatic N) is 1. The van der Waals surface area contributed by atoms with Crippen molar-refractivity contribution in [2.45, 2.75) is 37.8 Å². The molecule has 1 N–H and O–H groups in total. The molecule has 1 aliphatic carbocycles. The van der Waals surface area contributed by atoms with Crippen LogP contribution in [0.25, 0.3) is 0 Å². The van der Waals surface area contributed by atoms with Gasteiger partial charge in [0.25, 0.3) is 0 Å². The zero-order valence-electron chi connectivity index (χ0n) is 6.71. The van der Waals surface area contributed by atoms with Crippen molar-refractivity contribution in [3.05, 3.63) is 0 Å². The van der Waals surface area contributed by atoms with E-state index in [1.165, 1.54) is 0 Å². The first kappa shape index (κ1) is 7.10. The SMILES string of the molecule is CCC(=O)N1CC2(O)CC1C2. The van der Waals surface area contributed by atoms with Crippen LogP contribution in [0.1, 0.15) is 26.2 Å². The molecule has 0 atom stereocenters. The number of aliphatic hydroxyl groups is 1. The van der Waals surface area contributed by atoms with Gasteiger partial charge in [0, 0.05) is 19.0 Å². The summed E-state index contributed by atoms with van der Waals surface area (Å²) in [6.45, 7) is 2.44. The largest absolute Gasteiger partial charge is 0.388 e. The van der Waals surface area contributed by atoms with Gasteiger partial charge in [0.05, 0.1) is 5.60 Å². The summed E-state index contributed by atoms with van der Waals surface area (Å²) < 4.78 is 0. The minimum absolute atomic E-state index is 0.184. The molecule has 1 amide bonds. The highest BCUT2D eigenvalue weighted by Gasteiger charge is 2.55. The van der Waals surface area contributed by atoms with Gasteiger partial charge in [-0.05, 0) is 12.8 Å². The lowest BCUT2D eigenvalue weighted by molar-refractivity contribution is -0.130. The molecule has 0 aromatic heterocycles. The number of hydrogen-bond acceptors (Lipinski definition) is 2. The molecule has 0 aromatic carbocycles. The van der Waals surface area contributed by atoms with E-state index < -0.39 is 5.60 Å². The van der Waals surface area contributed by atoms with E-state index in [9.17, 15) is 9.90 Å². The number of fused-ring (bicyclic) bond motifs is 1. The molecular formula is C8H13NO2. The third-order valence-corrected chi connectivity index (χ3v) is 2.76. The highest BCUT2D eigenvalue weighted by Crippen LogP contribution is 2.44. The maximum Gasteiger partial charge on any atom is 0.222 e. The number of carbonyl (C=O) groups is 1. The Morgan fingerprint density at radius 2 is 2.36 bits per heavy atom. The molecule has 11 heavy (non-hydrogen) atoms. The lowest BCUT2D eigenvalue weighted by Crippen LogP contribution is -2.40. The van der Waals surface area contributed by atoms with Crippen LogP contribution in [0.3, 0.4) is 0 Å². The first-order valence-corrected chi connectivity index (χ1v) is 4.16. The predicted octanol–water partition coefficient (Wildman–Crippen LogP) is 0.132. The van der Waals surface area contributed by atoms with Crippen molar-refractivity contribution in [2.75, 3.05) is 6.54 Å². The predicted molar refractivity (Wildman–Crippen MR) is 40.0 cm³/mol. The minimum atomic E-state index is -0.504. The Balaban J connectivity index is 2.05. The fourth-order valence-electron chi connectivity index (χ4n) is 2.11. The molecule has 2 heterocycles. The molecule has 2 bridgehead atoms. The Bertz CT molecular complexity index is 196. The summed E-state index contributed by atoms with van der Waals surface area (Å²) in [5.41, 5.74) is -0.504. The fraction of sp³-hybridized carbons (Fsp3) is 0.875. The standard InChI is InChI=1S/C8H13NO2/c1-2-7(10)9-5-8(11)3-6(9)4-8/h6,11H,2-5H2,1H3. The third kappa shape index (κ3) is 0.872. The van der Waals surface area contributed by atoms with Crippen molar-refractivity contribution < 1.29 is 9.90 Å². The molecule has 2 saturated heterocycles. The maximum atomic E-state index is 11.2. The Morgan fingerprint density at radius 1 is 1.73 bits per heavy atom. The van der Waals surface area contributed by atoms with E-state index in [0.717, 1.165) is 12.8 Å². The molecule has 62 valence electrons. The second-order valence-corrected chi connectivity index (χ2v) is 3.66. The van der Waals surface area contributed by atoms with Crippen LogP contribution in [-0.4, -0.2) is 34.1 Å². The molecular weight excluding hydrogens is 142 g/mol. The molecule has 3 heteroatoms.